The molecule has 4 nitrogen and oxygen atoms in total. The van der Waals surface area contributed by atoms with Crippen molar-refractivity contribution in [1.29, 1.82) is 0 Å². The molecule has 0 aliphatic rings. The van der Waals surface area contributed by atoms with Crippen LogP contribution >= 0.6 is 12.6 Å². The number of aryl methyl sites for hydroxylation is 1. The molecule has 0 unspecified atom stereocenters. The molecule has 1 aromatic rings. The van der Waals surface area contributed by atoms with E-state index in [2.05, 4.69) is 22.6 Å². The number of nitrogens with two attached hydrogens (primary N) is 1. The molecular weight excluding hydrogens is 162 g/mol. The van der Waals surface area contributed by atoms with Gasteiger partial charge in [-0.15, -0.1) is 12.6 Å². The first-order valence-corrected chi connectivity index (χ1v) is 3.47. The van der Waals surface area contributed by atoms with E-state index >= 15 is 0 Å². The minimum atomic E-state index is 0.345. The van der Waals surface area contributed by atoms with E-state index in [1.54, 1.807) is 6.92 Å². The number of anilines is 1. The molecular formula is C6H9N3OS. The summed E-state index contributed by atoms with van der Waals surface area (Å²) in [7, 11) is 1.51. The standard InChI is InChI=1S/C6H9N3OS/c1-3-8-5(7)4(11)6(9-3)10-2/h11H,1-2H3,(H2,7,8,9). The molecule has 1 rings (SSSR count). The molecule has 11 heavy (non-hydrogen) atoms. The number of nitrogen functional groups attached to an aromatic ring is 1. The average molecular weight is 171 g/mol. The summed E-state index contributed by atoms with van der Waals surface area (Å²) in [6.45, 7) is 1.74. The predicted octanol–water partition coefficient (Wildman–Crippen LogP) is 0.665. The van der Waals surface area contributed by atoms with Crippen LogP contribution in [0.15, 0.2) is 4.90 Å². The third-order valence-corrected chi connectivity index (χ3v) is 1.60. The topological polar surface area (TPSA) is 61.0 Å². The second-order valence-corrected chi connectivity index (χ2v) is 2.46. The van der Waals surface area contributed by atoms with E-state index in [1.807, 2.05) is 0 Å². The number of ether oxygens (including phenoxy) is 1. The zero-order valence-corrected chi connectivity index (χ0v) is 7.22. The molecule has 0 aliphatic heterocycles. The summed E-state index contributed by atoms with van der Waals surface area (Å²) in [4.78, 5) is 8.34. The SMILES string of the molecule is COc1nc(C)nc(N)c1S. The second-order valence-electron chi connectivity index (χ2n) is 2.01. The minimum Gasteiger partial charge on any atom is -0.480 e. The van der Waals surface area contributed by atoms with Gasteiger partial charge in [-0.05, 0) is 6.92 Å². The van der Waals surface area contributed by atoms with Crippen LogP contribution in [0.2, 0.25) is 0 Å². The molecule has 0 bridgehead atoms. The Hall–Kier alpha value is -0.970. The molecule has 0 aromatic carbocycles. The van der Waals surface area contributed by atoms with Crippen LogP contribution in [0.25, 0.3) is 0 Å². The quantitative estimate of drug-likeness (QED) is 0.609. The minimum absolute atomic E-state index is 0.345. The van der Waals surface area contributed by atoms with Gasteiger partial charge in [0.2, 0.25) is 5.88 Å². The molecule has 0 saturated carbocycles. The van der Waals surface area contributed by atoms with E-state index in [4.69, 9.17) is 10.5 Å². The molecule has 0 aliphatic carbocycles. The zero-order valence-electron chi connectivity index (χ0n) is 6.33. The Morgan fingerprint density at radius 3 is 2.64 bits per heavy atom. The Labute approximate surface area is 70.2 Å². The Kier molecular flexibility index (Phi) is 2.19. The molecule has 0 fully saturated rings. The smallest absolute Gasteiger partial charge is 0.232 e. The third kappa shape index (κ3) is 1.54. The molecule has 60 valence electrons. The van der Waals surface area contributed by atoms with Gasteiger partial charge in [-0.25, -0.2) is 4.98 Å². The van der Waals surface area contributed by atoms with Gasteiger partial charge < -0.3 is 10.5 Å². The van der Waals surface area contributed by atoms with Crippen molar-refractivity contribution in [2.75, 3.05) is 12.8 Å². The average Bonchev–Trinajstić information content (AvgIpc) is 1.96. The van der Waals surface area contributed by atoms with E-state index in [-0.39, 0.29) is 0 Å². The van der Waals surface area contributed by atoms with Gasteiger partial charge >= 0.3 is 0 Å². The highest BCUT2D eigenvalue weighted by Gasteiger charge is 2.06. The summed E-state index contributed by atoms with van der Waals surface area (Å²) in [6.07, 6.45) is 0. The number of hydrogen-bond acceptors (Lipinski definition) is 5. The van der Waals surface area contributed by atoms with Crippen molar-refractivity contribution < 1.29 is 4.74 Å². The first-order chi connectivity index (χ1) is 5.15. The van der Waals surface area contributed by atoms with Crippen molar-refractivity contribution in [3.05, 3.63) is 5.82 Å². The number of aromatic nitrogens is 2. The van der Waals surface area contributed by atoms with Crippen molar-refractivity contribution >= 4 is 18.4 Å². The number of rotatable bonds is 1. The largest absolute Gasteiger partial charge is 0.480 e. The van der Waals surface area contributed by atoms with Gasteiger partial charge in [0.1, 0.15) is 16.5 Å². The number of hydrogen-bond donors (Lipinski definition) is 2. The van der Waals surface area contributed by atoms with Crippen molar-refractivity contribution in [1.82, 2.24) is 9.97 Å². The highest BCUT2D eigenvalue weighted by molar-refractivity contribution is 7.80. The van der Waals surface area contributed by atoms with Crippen LogP contribution in [0.3, 0.4) is 0 Å². The van der Waals surface area contributed by atoms with Crippen LogP contribution in [-0.4, -0.2) is 17.1 Å². The van der Waals surface area contributed by atoms with Crippen molar-refractivity contribution in [3.8, 4) is 5.88 Å². The number of methoxy groups -OCH3 is 1. The fraction of sp³-hybridized carbons (Fsp3) is 0.333. The maximum Gasteiger partial charge on any atom is 0.232 e. The maximum atomic E-state index is 5.49. The highest BCUT2D eigenvalue weighted by atomic mass is 32.1. The molecule has 0 radical (unpaired) electrons. The summed E-state index contributed by atoms with van der Waals surface area (Å²) in [6, 6.07) is 0. The van der Waals surface area contributed by atoms with Gasteiger partial charge in [-0.3, -0.25) is 0 Å². The monoisotopic (exact) mass is 171 g/mol. The zero-order chi connectivity index (χ0) is 8.43. The molecule has 1 aromatic heterocycles. The lowest BCUT2D eigenvalue weighted by atomic mass is 10.5. The van der Waals surface area contributed by atoms with Gasteiger partial charge in [0.05, 0.1) is 7.11 Å². The Bertz CT molecular complexity index is 277. The van der Waals surface area contributed by atoms with Gasteiger partial charge in [0.15, 0.2) is 0 Å². The van der Waals surface area contributed by atoms with Crippen LogP contribution in [0.1, 0.15) is 5.82 Å². The summed E-state index contributed by atoms with van der Waals surface area (Å²) in [5.41, 5.74) is 5.49. The third-order valence-electron chi connectivity index (χ3n) is 1.18. The Morgan fingerprint density at radius 2 is 2.09 bits per heavy atom. The molecule has 0 atom stereocenters. The van der Waals surface area contributed by atoms with Crippen LogP contribution in [-0.2, 0) is 0 Å². The first kappa shape index (κ1) is 8.13. The van der Waals surface area contributed by atoms with E-state index in [0.29, 0.717) is 22.4 Å². The van der Waals surface area contributed by atoms with E-state index in [9.17, 15) is 0 Å². The molecule has 0 spiro atoms. The lowest BCUT2D eigenvalue weighted by Gasteiger charge is -2.04. The molecule has 5 heteroatoms. The van der Waals surface area contributed by atoms with E-state index < -0.39 is 0 Å². The van der Waals surface area contributed by atoms with Crippen molar-refractivity contribution in [3.63, 3.8) is 0 Å². The van der Waals surface area contributed by atoms with Crippen molar-refractivity contribution in [2.45, 2.75) is 11.8 Å². The summed E-state index contributed by atoms with van der Waals surface area (Å²) in [5, 5.41) is 0. The van der Waals surface area contributed by atoms with Gasteiger partial charge in [-0.1, -0.05) is 0 Å². The van der Waals surface area contributed by atoms with Crippen molar-refractivity contribution in [2.24, 2.45) is 0 Å². The number of nitrogens with zero attached hydrogens (tertiary/aromatic N) is 2. The Balaban J connectivity index is 3.24. The summed E-state index contributed by atoms with van der Waals surface area (Å²) < 4.78 is 4.90. The fourth-order valence-corrected chi connectivity index (χ4v) is 0.895. The normalized spacial score (nSPS) is 9.73. The fourth-order valence-electron chi connectivity index (χ4n) is 0.704. The summed E-state index contributed by atoms with van der Waals surface area (Å²) in [5.74, 6) is 1.34. The highest BCUT2D eigenvalue weighted by Crippen LogP contribution is 2.23. The lowest BCUT2D eigenvalue weighted by molar-refractivity contribution is 0.385. The van der Waals surface area contributed by atoms with Gasteiger partial charge in [0.25, 0.3) is 0 Å². The first-order valence-electron chi connectivity index (χ1n) is 3.02. The van der Waals surface area contributed by atoms with Crippen LogP contribution in [0.5, 0.6) is 5.88 Å². The molecule has 1 heterocycles. The lowest BCUT2D eigenvalue weighted by Crippen LogP contribution is -2.00. The maximum absolute atomic E-state index is 5.49. The molecule has 2 N–H and O–H groups in total. The van der Waals surface area contributed by atoms with Gasteiger partial charge in [0, 0.05) is 0 Å². The van der Waals surface area contributed by atoms with Crippen LogP contribution < -0.4 is 10.5 Å². The van der Waals surface area contributed by atoms with Crippen LogP contribution in [0, 0.1) is 6.92 Å². The number of thiol groups is 1. The van der Waals surface area contributed by atoms with Crippen LogP contribution in [0.4, 0.5) is 5.82 Å². The molecule has 0 saturated heterocycles. The predicted molar refractivity (Wildman–Crippen MR) is 45.0 cm³/mol. The molecule has 0 amide bonds. The van der Waals surface area contributed by atoms with E-state index in [1.165, 1.54) is 7.11 Å². The van der Waals surface area contributed by atoms with Gasteiger partial charge in [-0.2, -0.15) is 4.98 Å². The second kappa shape index (κ2) is 2.96. The summed E-state index contributed by atoms with van der Waals surface area (Å²) >= 11 is 4.06. The van der Waals surface area contributed by atoms with E-state index in [0.717, 1.165) is 0 Å². The Morgan fingerprint density at radius 1 is 1.45 bits per heavy atom.